The maximum absolute atomic E-state index is 13.4. The van der Waals surface area contributed by atoms with E-state index in [1.165, 1.54) is 51.5 Å². The van der Waals surface area contributed by atoms with Gasteiger partial charge < -0.3 is 0 Å². The molecular weight excluding hydrogens is 409 g/mol. The Morgan fingerprint density at radius 2 is 1.84 bits per heavy atom. The summed E-state index contributed by atoms with van der Waals surface area (Å²) < 4.78 is 26.8. The first-order chi connectivity index (χ1) is 14.8. The Kier molecular flexibility index (Phi) is 5.58. The molecule has 0 amide bonds. The standard InChI is InChI=1S/C27H38NO2S.Li/c1-19(2)22-12-14-25(3)20-11-15-26-13-7-10-23(26)27(25,24(22)28(26)18-20)16-17-31(29,30)21-8-5-4-6-9-21;/h4-6,8-9,17,19-20,22-24H,7,10-16,18H2,1-3H3;/q-1;+1/t20-,22+,23+,24-,25-,26+,27-;/m0./s1. The number of piperidine rings is 2. The third kappa shape index (κ3) is 2.73. The van der Waals surface area contributed by atoms with Crippen LogP contribution in [0, 0.1) is 40.3 Å². The van der Waals surface area contributed by atoms with Crippen LogP contribution < -0.4 is 18.9 Å². The van der Waals surface area contributed by atoms with Gasteiger partial charge in [-0.1, -0.05) is 45.4 Å². The Morgan fingerprint density at radius 3 is 2.56 bits per heavy atom. The molecule has 5 heteroatoms. The molecule has 0 aromatic heterocycles. The molecule has 6 rings (SSSR count). The second-order valence-corrected chi connectivity index (χ2v) is 13.9. The predicted octanol–water partition coefficient (Wildman–Crippen LogP) is 2.72. The van der Waals surface area contributed by atoms with Gasteiger partial charge in [-0.2, -0.15) is 6.42 Å². The van der Waals surface area contributed by atoms with Crippen LogP contribution in [-0.4, -0.2) is 31.4 Å². The van der Waals surface area contributed by atoms with Crippen LogP contribution in [-0.2, 0) is 9.84 Å². The summed E-state index contributed by atoms with van der Waals surface area (Å²) in [5.41, 5.74) is 0.758. The van der Waals surface area contributed by atoms with Crippen molar-refractivity contribution in [3.8, 4) is 0 Å². The van der Waals surface area contributed by atoms with Gasteiger partial charge in [0.25, 0.3) is 0 Å². The fourth-order valence-corrected chi connectivity index (χ4v) is 11.1. The molecule has 3 heterocycles. The Bertz CT molecular complexity index is 981. The quantitative estimate of drug-likeness (QED) is 0.515. The predicted molar refractivity (Wildman–Crippen MR) is 124 cm³/mol. The minimum absolute atomic E-state index is 0. The maximum atomic E-state index is 13.4. The summed E-state index contributed by atoms with van der Waals surface area (Å²) in [6.07, 6.45) is 10.0. The molecule has 170 valence electrons. The summed E-state index contributed by atoms with van der Waals surface area (Å²) in [5.74, 6) is 4.53. The smallest absolute Gasteiger partial charge is 0.293 e. The van der Waals surface area contributed by atoms with Gasteiger partial charge in [0.15, 0.2) is 0 Å². The minimum atomic E-state index is -3.37. The monoisotopic (exact) mass is 447 g/mol. The number of hydrogen-bond donors (Lipinski definition) is 0. The maximum Gasteiger partial charge on any atom is 1.00 e. The van der Waals surface area contributed by atoms with Crippen molar-refractivity contribution in [3.63, 3.8) is 0 Å². The third-order valence-electron chi connectivity index (χ3n) is 11.1. The van der Waals surface area contributed by atoms with E-state index in [2.05, 4.69) is 25.7 Å². The average molecular weight is 448 g/mol. The summed E-state index contributed by atoms with van der Waals surface area (Å²) in [6.45, 7) is 8.67. The van der Waals surface area contributed by atoms with E-state index in [4.69, 9.17) is 0 Å². The summed E-state index contributed by atoms with van der Waals surface area (Å²) in [5, 5.41) is 0. The SMILES string of the molecule is CC(C)[C@H]1CC[C@@]2(C)[C@H]3CC[C@]45CCC[C@H]4[C@@]2(C[CH-]S(=O)(=O)c2ccccc2)[C@H]1N5C3.[Li+]. The van der Waals surface area contributed by atoms with Gasteiger partial charge in [0.2, 0.25) is 0 Å². The first-order valence-corrected chi connectivity index (χ1v) is 14.2. The van der Waals surface area contributed by atoms with E-state index in [0.29, 0.717) is 34.2 Å². The summed E-state index contributed by atoms with van der Waals surface area (Å²) >= 11 is 0. The molecule has 0 N–H and O–H groups in total. The molecule has 5 aliphatic rings. The number of fused-ring (bicyclic) bond motifs is 2. The molecule has 3 nitrogen and oxygen atoms in total. The Hall–Kier alpha value is -0.273. The molecule has 5 fully saturated rings. The van der Waals surface area contributed by atoms with Gasteiger partial charge >= 0.3 is 18.9 Å². The second-order valence-electron chi connectivity index (χ2n) is 12.0. The number of sulfone groups is 1. The van der Waals surface area contributed by atoms with Gasteiger partial charge in [-0.05, 0) is 85.2 Å². The van der Waals surface area contributed by atoms with Crippen LogP contribution in [0.25, 0.3) is 0 Å². The molecule has 2 saturated carbocycles. The van der Waals surface area contributed by atoms with Crippen LogP contribution in [0.3, 0.4) is 0 Å². The van der Waals surface area contributed by atoms with Crippen molar-refractivity contribution in [3.05, 3.63) is 36.1 Å². The van der Waals surface area contributed by atoms with Crippen molar-refractivity contribution >= 4 is 9.84 Å². The molecule has 1 spiro atoms. The molecule has 3 saturated heterocycles. The molecule has 1 unspecified atom stereocenters. The van der Waals surface area contributed by atoms with E-state index >= 15 is 0 Å². The Labute approximate surface area is 207 Å². The number of rotatable bonds is 5. The molecule has 5 bridgehead atoms. The zero-order valence-electron chi connectivity index (χ0n) is 20.4. The summed E-state index contributed by atoms with van der Waals surface area (Å²) in [7, 11) is -3.37. The van der Waals surface area contributed by atoms with Crippen LogP contribution in [0.4, 0.5) is 0 Å². The molecule has 1 aromatic carbocycles. The van der Waals surface area contributed by atoms with Crippen molar-refractivity contribution in [2.45, 2.75) is 88.6 Å². The van der Waals surface area contributed by atoms with Crippen LogP contribution in [0.5, 0.6) is 0 Å². The van der Waals surface area contributed by atoms with Crippen molar-refractivity contribution < 1.29 is 27.3 Å². The summed E-state index contributed by atoms with van der Waals surface area (Å²) in [4.78, 5) is 3.45. The van der Waals surface area contributed by atoms with Crippen LogP contribution >= 0.6 is 0 Å². The van der Waals surface area contributed by atoms with Gasteiger partial charge in [0.1, 0.15) is 0 Å². The van der Waals surface area contributed by atoms with Crippen LogP contribution in [0.1, 0.15) is 72.1 Å². The normalized spacial score (nSPS) is 46.2. The van der Waals surface area contributed by atoms with Gasteiger partial charge in [-0.25, -0.2) is 5.75 Å². The van der Waals surface area contributed by atoms with E-state index in [9.17, 15) is 8.42 Å². The van der Waals surface area contributed by atoms with E-state index < -0.39 is 9.84 Å². The molecule has 0 radical (unpaired) electrons. The fourth-order valence-electron chi connectivity index (χ4n) is 9.85. The van der Waals surface area contributed by atoms with E-state index in [0.717, 1.165) is 12.3 Å². The van der Waals surface area contributed by atoms with Gasteiger partial charge in [-0.15, -0.1) is 0 Å². The van der Waals surface area contributed by atoms with Gasteiger partial charge in [0, 0.05) is 23.0 Å². The van der Waals surface area contributed by atoms with Crippen molar-refractivity contribution in [1.82, 2.24) is 4.90 Å². The zero-order chi connectivity index (χ0) is 21.6. The largest absolute Gasteiger partial charge is 1.00 e. The van der Waals surface area contributed by atoms with Crippen molar-refractivity contribution in [2.24, 2.45) is 34.5 Å². The first-order valence-electron chi connectivity index (χ1n) is 12.7. The molecule has 32 heavy (non-hydrogen) atoms. The molecule has 2 aliphatic carbocycles. The topological polar surface area (TPSA) is 37.4 Å². The summed E-state index contributed by atoms with van der Waals surface area (Å²) in [6, 6.07) is 9.65. The molecule has 1 aromatic rings. The molecular formula is C27H38LiNO2S. The number of hydrogen-bond acceptors (Lipinski definition) is 3. The van der Waals surface area contributed by atoms with E-state index in [-0.39, 0.29) is 29.7 Å². The first kappa shape index (κ1) is 23.5. The number of nitrogens with zero attached hydrogens (tertiary/aromatic N) is 1. The van der Waals surface area contributed by atoms with E-state index in [1.807, 2.05) is 18.2 Å². The third-order valence-corrected chi connectivity index (χ3v) is 12.6. The average Bonchev–Trinajstić information content (AvgIpc) is 3.23. The number of benzene rings is 1. The van der Waals surface area contributed by atoms with Crippen LogP contribution in [0.15, 0.2) is 35.2 Å². The zero-order valence-corrected chi connectivity index (χ0v) is 21.2. The van der Waals surface area contributed by atoms with Crippen molar-refractivity contribution in [2.75, 3.05) is 6.54 Å². The molecule has 3 aliphatic heterocycles. The fraction of sp³-hybridized carbons (Fsp3) is 0.741. The Balaban J connectivity index is 0.00000216. The Morgan fingerprint density at radius 1 is 1.09 bits per heavy atom. The van der Waals surface area contributed by atoms with E-state index in [1.54, 1.807) is 17.9 Å². The minimum Gasteiger partial charge on any atom is -0.293 e. The van der Waals surface area contributed by atoms with Gasteiger partial charge in [-0.3, -0.25) is 13.3 Å². The van der Waals surface area contributed by atoms with Gasteiger partial charge in [0.05, 0.1) is 9.84 Å². The van der Waals surface area contributed by atoms with Crippen molar-refractivity contribution in [1.29, 1.82) is 0 Å². The second kappa shape index (κ2) is 7.61. The molecule has 8 atom stereocenters. The van der Waals surface area contributed by atoms with Crippen LogP contribution in [0.2, 0.25) is 0 Å².